The maximum atomic E-state index is 15.2. The maximum Gasteiger partial charge on any atom is 0.422 e. The minimum Gasteiger partial charge on any atom is -0.501 e. The number of imidazole rings is 1. The summed E-state index contributed by atoms with van der Waals surface area (Å²) >= 11 is 0. The van der Waals surface area contributed by atoms with Crippen LogP contribution in [0.15, 0.2) is 138 Å². The Morgan fingerprint density at radius 1 is 0.603 bits per heavy atom. The summed E-state index contributed by atoms with van der Waals surface area (Å²) in [7, 11) is 0. The number of pyridine rings is 1. The molecule has 4 nitrogen and oxygen atoms in total. The first kappa shape index (κ1) is 51.0. The number of rotatable bonds is 6. The van der Waals surface area contributed by atoms with E-state index in [2.05, 4.69) is 120 Å². The van der Waals surface area contributed by atoms with Gasteiger partial charge >= 0.3 is 6.18 Å². The van der Waals surface area contributed by atoms with Crippen molar-refractivity contribution in [3.05, 3.63) is 197 Å². The van der Waals surface area contributed by atoms with Crippen LogP contribution >= 0.6 is 0 Å². The average molecular weight is 1160 g/mol. The van der Waals surface area contributed by atoms with E-state index in [0.29, 0.717) is 33.3 Å². The van der Waals surface area contributed by atoms with Crippen molar-refractivity contribution in [3.8, 4) is 50.6 Å². The number of benzene rings is 7. The predicted octanol–water partition coefficient (Wildman–Crippen LogP) is 17.7. The van der Waals surface area contributed by atoms with Crippen LogP contribution in [0.2, 0.25) is 0 Å². The molecule has 3 heterocycles. The zero-order valence-electron chi connectivity index (χ0n) is 41.1. The van der Waals surface area contributed by atoms with E-state index in [1.165, 1.54) is 17.2 Å². The van der Waals surface area contributed by atoms with Crippen LogP contribution in [0.25, 0.3) is 83.6 Å². The largest absolute Gasteiger partial charge is 0.501 e. The van der Waals surface area contributed by atoms with Crippen molar-refractivity contribution in [1.29, 1.82) is 0 Å². The number of furan rings is 1. The molecule has 0 N–H and O–H groups in total. The molecule has 0 amide bonds. The standard InChI is InChI=1S/C44H30F7N2O.C17H18N.Ir/c1-22(2)30-19-26(24-11-6-5-7-12-24)20-31(23(3)4)41(30)53-33-16-9-8-15-32(33)52-43(53)29-14-10-13-28-27-18-17-25(21-34(27)54-42(28)29)35-37(45)36(44(49,50)51)39(47)40(48)38(35)46;1-16(2)13-9-6-5-8-12(13)15-14(17(16,3)4)10-7-11-18-15;/h5-13,15-23H,1-4H3;5-7,9-11H,1-4H3;/q2*-1;. The molecule has 0 atom stereocenters. The molecule has 0 fully saturated rings. The molecule has 0 bridgehead atoms. The maximum absolute atomic E-state index is 15.2. The number of fused-ring (bicyclic) bond motifs is 7. The molecule has 0 spiro atoms. The minimum absolute atomic E-state index is 0. The zero-order chi connectivity index (χ0) is 51.2. The first-order valence-electron chi connectivity index (χ1n) is 23.7. The smallest absolute Gasteiger partial charge is 0.422 e. The SMILES string of the molecule is CC(C)c1cc(-c2ccccc2)cc(C(C)C)c1-n1c(-c2[c-]ccc3c2oc2cc(-c4c(F)c(F)c(F)c(C(F)(F)F)c4F)ccc23)nc2ccccc21.CC1(C)c2ccc[c-]c2-c2ncccc2C1(C)C.[Ir]. The van der Waals surface area contributed by atoms with Crippen LogP contribution in [-0.4, -0.2) is 14.5 Å². The Balaban J connectivity index is 0.000000290. The van der Waals surface area contributed by atoms with E-state index >= 15 is 8.78 Å². The molecular weight excluding hydrogens is 1120 g/mol. The van der Waals surface area contributed by atoms with Crippen molar-refractivity contribution >= 4 is 33.0 Å². The summed E-state index contributed by atoms with van der Waals surface area (Å²) in [6.45, 7) is 17.8. The number of alkyl halides is 3. The summed E-state index contributed by atoms with van der Waals surface area (Å²) in [6, 6.07) is 46.5. The summed E-state index contributed by atoms with van der Waals surface area (Å²) < 4.78 is 108. The van der Waals surface area contributed by atoms with Gasteiger partial charge in [-0.2, -0.15) is 13.2 Å². The molecule has 10 aromatic rings. The van der Waals surface area contributed by atoms with E-state index in [1.807, 2.05) is 60.8 Å². The Morgan fingerprint density at radius 2 is 1.25 bits per heavy atom. The van der Waals surface area contributed by atoms with Gasteiger partial charge in [-0.3, -0.25) is 4.98 Å². The van der Waals surface area contributed by atoms with Gasteiger partial charge in [-0.25, -0.2) is 17.6 Å². The quantitative estimate of drug-likeness (QED) is 0.0721. The monoisotopic (exact) mass is 1160 g/mol. The summed E-state index contributed by atoms with van der Waals surface area (Å²) in [5.41, 5.74) is 8.36. The fourth-order valence-electron chi connectivity index (χ4n) is 10.2. The number of hydrogen-bond donors (Lipinski definition) is 0. The van der Waals surface area contributed by atoms with Gasteiger partial charge in [-0.05, 0) is 92.6 Å². The van der Waals surface area contributed by atoms with Crippen LogP contribution in [0.1, 0.15) is 95.0 Å². The Hall–Kier alpha value is -6.88. The molecule has 1 aliphatic carbocycles. The third kappa shape index (κ3) is 8.36. The van der Waals surface area contributed by atoms with Crippen molar-refractivity contribution in [2.45, 2.75) is 84.2 Å². The van der Waals surface area contributed by atoms with Crippen LogP contribution < -0.4 is 0 Å². The van der Waals surface area contributed by atoms with Gasteiger partial charge in [0.25, 0.3) is 0 Å². The second kappa shape index (κ2) is 18.9. The summed E-state index contributed by atoms with van der Waals surface area (Å²) in [6.07, 6.45) is -3.75. The molecule has 3 aromatic heterocycles. The van der Waals surface area contributed by atoms with Crippen molar-refractivity contribution in [2.24, 2.45) is 0 Å². The Labute approximate surface area is 432 Å². The van der Waals surface area contributed by atoms with Crippen LogP contribution in [-0.2, 0) is 37.1 Å². The molecule has 373 valence electrons. The van der Waals surface area contributed by atoms with Gasteiger partial charge < -0.3 is 14.0 Å². The molecule has 73 heavy (non-hydrogen) atoms. The third-order valence-corrected chi connectivity index (χ3v) is 14.6. The topological polar surface area (TPSA) is 43.9 Å². The molecule has 7 aromatic carbocycles. The minimum atomic E-state index is -5.62. The van der Waals surface area contributed by atoms with Crippen molar-refractivity contribution in [3.63, 3.8) is 0 Å². The molecule has 1 radical (unpaired) electrons. The number of aromatic nitrogens is 3. The normalized spacial score (nSPS) is 13.8. The summed E-state index contributed by atoms with van der Waals surface area (Å²) in [4.78, 5) is 9.68. The molecule has 0 saturated heterocycles. The summed E-state index contributed by atoms with van der Waals surface area (Å²) in [5, 5.41) is 1.03. The summed E-state index contributed by atoms with van der Waals surface area (Å²) in [5.74, 6) is -8.75. The molecule has 12 heteroatoms. The van der Waals surface area contributed by atoms with Gasteiger partial charge in [0.15, 0.2) is 17.5 Å². The first-order valence-corrected chi connectivity index (χ1v) is 23.7. The average Bonchev–Trinajstić information content (AvgIpc) is 3.93. The van der Waals surface area contributed by atoms with Crippen LogP contribution in [0.4, 0.5) is 30.7 Å². The molecular formula is C61H48F7IrN3O-2. The van der Waals surface area contributed by atoms with E-state index in [9.17, 15) is 22.0 Å². The number of hydrogen-bond acceptors (Lipinski definition) is 3. The molecule has 0 aliphatic heterocycles. The zero-order valence-corrected chi connectivity index (χ0v) is 43.5. The number of nitrogens with zero attached hydrogens (tertiary/aromatic N) is 3. The van der Waals surface area contributed by atoms with E-state index in [-0.39, 0.29) is 48.4 Å². The molecule has 1 aliphatic rings. The van der Waals surface area contributed by atoms with Gasteiger partial charge in [0, 0.05) is 37.4 Å². The Bertz CT molecular complexity index is 3670. The van der Waals surface area contributed by atoms with Crippen LogP contribution in [0, 0.1) is 35.4 Å². The van der Waals surface area contributed by atoms with E-state index in [0.717, 1.165) is 56.8 Å². The van der Waals surface area contributed by atoms with Gasteiger partial charge in [-0.1, -0.05) is 133 Å². The second-order valence-corrected chi connectivity index (χ2v) is 20.0. The van der Waals surface area contributed by atoms with Gasteiger partial charge in [0.2, 0.25) is 0 Å². The first-order chi connectivity index (χ1) is 34.2. The van der Waals surface area contributed by atoms with E-state index in [1.54, 1.807) is 12.1 Å². The third-order valence-electron chi connectivity index (χ3n) is 14.6. The van der Waals surface area contributed by atoms with Crippen LogP contribution in [0.5, 0.6) is 0 Å². The van der Waals surface area contributed by atoms with Crippen molar-refractivity contribution in [2.75, 3.05) is 0 Å². The molecule has 0 saturated carbocycles. The van der Waals surface area contributed by atoms with Crippen LogP contribution in [0.3, 0.4) is 0 Å². The number of halogens is 7. The van der Waals surface area contributed by atoms with E-state index < -0.39 is 46.1 Å². The molecule has 0 unspecified atom stereocenters. The molecule has 11 rings (SSSR count). The van der Waals surface area contributed by atoms with Crippen molar-refractivity contribution < 1.29 is 55.3 Å². The van der Waals surface area contributed by atoms with Gasteiger partial charge in [0.1, 0.15) is 17.0 Å². The fraction of sp³-hybridized carbons (Fsp3) is 0.213. The second-order valence-electron chi connectivity index (χ2n) is 20.0. The Morgan fingerprint density at radius 3 is 1.93 bits per heavy atom. The van der Waals surface area contributed by atoms with E-state index in [4.69, 9.17) is 9.40 Å². The van der Waals surface area contributed by atoms with Crippen molar-refractivity contribution in [1.82, 2.24) is 14.5 Å². The van der Waals surface area contributed by atoms with Gasteiger partial charge in [0.05, 0.1) is 28.0 Å². The predicted molar refractivity (Wildman–Crippen MR) is 271 cm³/mol. The Kier molecular flexibility index (Phi) is 13.2. The van der Waals surface area contributed by atoms with Gasteiger partial charge in [-0.15, -0.1) is 53.6 Å². The number of para-hydroxylation sites is 2. The fourth-order valence-corrected chi connectivity index (χ4v) is 10.2.